The minimum Gasteiger partial charge on any atom is -0.472 e. The highest BCUT2D eigenvalue weighted by Gasteiger charge is 2.26. The molecule has 2 aromatic rings. The van der Waals surface area contributed by atoms with E-state index in [2.05, 4.69) is 11.2 Å². The van der Waals surface area contributed by atoms with Crippen molar-refractivity contribution in [2.24, 2.45) is 0 Å². The molecule has 94 valence electrons. The summed E-state index contributed by atoms with van der Waals surface area (Å²) >= 11 is 6.22. The second-order valence-electron chi connectivity index (χ2n) is 4.44. The van der Waals surface area contributed by atoms with Crippen LogP contribution in [0.5, 0.6) is 5.88 Å². The SMILES string of the molecule is On1ccc(OCc2c(Cl)cccc2C2CC2)n1. The molecule has 1 N–H and O–H groups in total. The fourth-order valence-electron chi connectivity index (χ4n) is 2.03. The van der Waals surface area contributed by atoms with E-state index in [1.54, 1.807) is 6.07 Å². The lowest BCUT2D eigenvalue weighted by Gasteiger charge is -2.10. The zero-order chi connectivity index (χ0) is 12.5. The highest BCUT2D eigenvalue weighted by Crippen LogP contribution is 2.43. The molecule has 1 aromatic carbocycles. The molecule has 1 saturated carbocycles. The minimum atomic E-state index is 0.378. The van der Waals surface area contributed by atoms with Gasteiger partial charge >= 0.3 is 0 Å². The van der Waals surface area contributed by atoms with Crippen molar-refractivity contribution in [3.8, 4) is 5.88 Å². The molecule has 5 heteroatoms. The van der Waals surface area contributed by atoms with Crippen LogP contribution < -0.4 is 4.74 Å². The fraction of sp³-hybridized carbons (Fsp3) is 0.308. The van der Waals surface area contributed by atoms with Gasteiger partial charge < -0.3 is 9.94 Å². The van der Waals surface area contributed by atoms with Crippen molar-refractivity contribution in [3.05, 3.63) is 46.6 Å². The number of nitrogens with zero attached hydrogens (tertiary/aromatic N) is 2. The van der Waals surface area contributed by atoms with Gasteiger partial charge in [0, 0.05) is 16.7 Å². The van der Waals surface area contributed by atoms with Gasteiger partial charge in [0.2, 0.25) is 5.88 Å². The average molecular weight is 265 g/mol. The van der Waals surface area contributed by atoms with Crippen molar-refractivity contribution in [2.75, 3.05) is 0 Å². The minimum absolute atomic E-state index is 0.378. The second kappa shape index (κ2) is 4.53. The van der Waals surface area contributed by atoms with Gasteiger partial charge in [0.15, 0.2) is 0 Å². The average Bonchev–Trinajstić information content (AvgIpc) is 3.11. The summed E-state index contributed by atoms with van der Waals surface area (Å²) in [6, 6.07) is 7.55. The molecular formula is C13H13ClN2O2. The third kappa shape index (κ3) is 2.29. The maximum Gasteiger partial charge on any atom is 0.236 e. The van der Waals surface area contributed by atoms with E-state index >= 15 is 0 Å². The van der Waals surface area contributed by atoms with Crippen molar-refractivity contribution in [1.82, 2.24) is 9.94 Å². The lowest BCUT2D eigenvalue weighted by Crippen LogP contribution is -2.01. The third-order valence-corrected chi connectivity index (χ3v) is 3.44. The van der Waals surface area contributed by atoms with E-state index in [4.69, 9.17) is 21.5 Å². The number of benzene rings is 1. The summed E-state index contributed by atoms with van der Waals surface area (Å²) < 4.78 is 5.54. The van der Waals surface area contributed by atoms with Gasteiger partial charge in [-0.25, -0.2) is 0 Å². The van der Waals surface area contributed by atoms with Crippen LogP contribution in [0.15, 0.2) is 30.5 Å². The zero-order valence-electron chi connectivity index (χ0n) is 9.71. The van der Waals surface area contributed by atoms with Gasteiger partial charge in [0.1, 0.15) is 6.61 Å². The monoisotopic (exact) mass is 264 g/mol. The van der Waals surface area contributed by atoms with Crippen LogP contribution in [-0.4, -0.2) is 15.2 Å². The van der Waals surface area contributed by atoms with E-state index in [-0.39, 0.29) is 0 Å². The maximum atomic E-state index is 9.06. The molecule has 1 aromatic heterocycles. The van der Waals surface area contributed by atoms with E-state index in [1.165, 1.54) is 24.6 Å². The van der Waals surface area contributed by atoms with Crippen LogP contribution in [0.1, 0.15) is 29.9 Å². The number of aromatic nitrogens is 2. The molecule has 18 heavy (non-hydrogen) atoms. The van der Waals surface area contributed by atoms with Gasteiger partial charge in [-0.3, -0.25) is 0 Å². The molecule has 1 aliphatic rings. The second-order valence-corrected chi connectivity index (χ2v) is 4.85. The van der Waals surface area contributed by atoms with E-state index < -0.39 is 0 Å². The van der Waals surface area contributed by atoms with Crippen LogP contribution in [0.25, 0.3) is 0 Å². The van der Waals surface area contributed by atoms with Crippen LogP contribution in [0.3, 0.4) is 0 Å². The van der Waals surface area contributed by atoms with Crippen LogP contribution in [0.4, 0.5) is 0 Å². The van der Waals surface area contributed by atoms with E-state index in [0.29, 0.717) is 18.4 Å². The smallest absolute Gasteiger partial charge is 0.236 e. The molecule has 4 nitrogen and oxygen atoms in total. The molecule has 0 radical (unpaired) electrons. The summed E-state index contributed by atoms with van der Waals surface area (Å²) in [5.74, 6) is 1.01. The largest absolute Gasteiger partial charge is 0.472 e. The lowest BCUT2D eigenvalue weighted by molar-refractivity contribution is 0.141. The number of rotatable bonds is 4. The first kappa shape index (κ1) is 11.4. The van der Waals surface area contributed by atoms with Crippen molar-refractivity contribution < 1.29 is 9.94 Å². The number of ether oxygens (including phenoxy) is 1. The molecule has 1 heterocycles. The molecule has 0 bridgehead atoms. The first-order chi connectivity index (χ1) is 8.74. The predicted octanol–water partition coefficient (Wildman–Crippen LogP) is 3.23. The summed E-state index contributed by atoms with van der Waals surface area (Å²) in [7, 11) is 0. The van der Waals surface area contributed by atoms with Crippen molar-refractivity contribution in [2.45, 2.75) is 25.4 Å². The molecular weight excluding hydrogens is 252 g/mol. The first-order valence-corrected chi connectivity index (χ1v) is 6.27. The number of hydrogen-bond acceptors (Lipinski definition) is 3. The molecule has 0 saturated heterocycles. The van der Waals surface area contributed by atoms with Gasteiger partial charge in [0.05, 0.1) is 6.20 Å². The van der Waals surface area contributed by atoms with Gasteiger partial charge in [-0.15, -0.1) is 4.85 Å². The predicted molar refractivity (Wildman–Crippen MR) is 67.2 cm³/mol. The Hall–Kier alpha value is -1.68. The molecule has 0 spiro atoms. The summed E-state index contributed by atoms with van der Waals surface area (Å²) in [4.78, 5) is 0.726. The van der Waals surface area contributed by atoms with Crippen LogP contribution in [0.2, 0.25) is 5.02 Å². The number of halogens is 1. The molecule has 0 amide bonds. The van der Waals surface area contributed by atoms with Gasteiger partial charge in [-0.1, -0.05) is 28.8 Å². The zero-order valence-corrected chi connectivity index (χ0v) is 10.5. The van der Waals surface area contributed by atoms with Crippen LogP contribution in [0, 0.1) is 0 Å². The molecule has 0 atom stereocenters. The van der Waals surface area contributed by atoms with Gasteiger partial charge in [-0.05, 0) is 30.4 Å². The highest BCUT2D eigenvalue weighted by molar-refractivity contribution is 6.31. The van der Waals surface area contributed by atoms with Crippen LogP contribution in [-0.2, 0) is 6.61 Å². The summed E-state index contributed by atoms with van der Waals surface area (Å²) in [6.45, 7) is 0.378. The normalized spacial score (nSPS) is 14.7. The summed E-state index contributed by atoms with van der Waals surface area (Å²) in [6.07, 6.45) is 3.86. The van der Waals surface area contributed by atoms with E-state index in [1.807, 2.05) is 12.1 Å². The lowest BCUT2D eigenvalue weighted by atomic mass is 10.0. The topological polar surface area (TPSA) is 47.3 Å². The molecule has 1 aliphatic carbocycles. The van der Waals surface area contributed by atoms with E-state index in [0.717, 1.165) is 15.4 Å². The van der Waals surface area contributed by atoms with Gasteiger partial charge in [0.25, 0.3) is 0 Å². The van der Waals surface area contributed by atoms with Crippen molar-refractivity contribution >= 4 is 11.6 Å². The standard InChI is InChI=1S/C13H13ClN2O2/c14-12-3-1-2-10(9-4-5-9)11(12)8-18-13-6-7-16(17)15-13/h1-3,6-7,9,17H,4-5,8H2. The Balaban J connectivity index is 1.79. The molecule has 3 rings (SSSR count). The molecule has 0 unspecified atom stereocenters. The Labute approximate surface area is 110 Å². The quantitative estimate of drug-likeness (QED) is 0.863. The third-order valence-electron chi connectivity index (χ3n) is 3.09. The fourth-order valence-corrected chi connectivity index (χ4v) is 2.26. The number of hydrogen-bond donors (Lipinski definition) is 1. The Morgan fingerprint density at radius 2 is 2.22 bits per heavy atom. The highest BCUT2D eigenvalue weighted by atomic mass is 35.5. The summed E-state index contributed by atoms with van der Waals surface area (Å²) in [5, 5.41) is 13.5. The Morgan fingerprint density at radius 3 is 2.89 bits per heavy atom. The maximum absolute atomic E-state index is 9.06. The molecule has 1 fully saturated rings. The van der Waals surface area contributed by atoms with Crippen LogP contribution >= 0.6 is 11.6 Å². The van der Waals surface area contributed by atoms with Gasteiger partial charge in [-0.2, -0.15) is 0 Å². The molecule has 0 aliphatic heterocycles. The van der Waals surface area contributed by atoms with Crippen molar-refractivity contribution in [1.29, 1.82) is 0 Å². The van der Waals surface area contributed by atoms with E-state index in [9.17, 15) is 0 Å². The summed E-state index contributed by atoms with van der Waals surface area (Å²) in [5.41, 5.74) is 2.29. The Morgan fingerprint density at radius 1 is 1.39 bits per heavy atom. The Kier molecular flexibility index (Phi) is 2.88. The van der Waals surface area contributed by atoms with Crippen molar-refractivity contribution in [3.63, 3.8) is 0 Å². The Bertz CT molecular complexity index is 564. The first-order valence-electron chi connectivity index (χ1n) is 5.89.